The third-order valence-corrected chi connectivity index (χ3v) is 4.69. The average molecular weight is 272 g/mol. The third-order valence-electron chi connectivity index (χ3n) is 4.69. The molecular formula is C17H24N2O. The molecule has 1 unspecified atom stereocenters. The van der Waals surface area contributed by atoms with Crippen molar-refractivity contribution in [1.29, 1.82) is 0 Å². The zero-order chi connectivity index (χ0) is 14.2. The van der Waals surface area contributed by atoms with Gasteiger partial charge in [0.15, 0.2) is 0 Å². The number of H-pyrrole nitrogens is 1. The molecule has 3 nitrogen and oxygen atoms in total. The molecule has 2 atom stereocenters. The first kappa shape index (κ1) is 13.6. The SMILES string of the molecule is C/C1=C/C(C)Cc2[nH]c(=O)ccc2[C@]2(CCCCN2)C1. The van der Waals surface area contributed by atoms with Crippen molar-refractivity contribution in [2.75, 3.05) is 6.54 Å². The highest BCUT2D eigenvalue weighted by Gasteiger charge is 2.36. The Morgan fingerprint density at radius 2 is 2.15 bits per heavy atom. The quantitative estimate of drug-likeness (QED) is 0.713. The molecule has 108 valence electrons. The summed E-state index contributed by atoms with van der Waals surface area (Å²) in [5.74, 6) is 0.479. The van der Waals surface area contributed by atoms with Gasteiger partial charge in [-0.1, -0.05) is 18.6 Å². The van der Waals surface area contributed by atoms with Crippen molar-refractivity contribution in [3.63, 3.8) is 0 Å². The van der Waals surface area contributed by atoms with Gasteiger partial charge >= 0.3 is 0 Å². The van der Waals surface area contributed by atoms with Gasteiger partial charge in [-0.25, -0.2) is 0 Å². The fraction of sp³-hybridized carbons (Fsp3) is 0.588. The van der Waals surface area contributed by atoms with Crippen LogP contribution in [0.5, 0.6) is 0 Å². The van der Waals surface area contributed by atoms with Gasteiger partial charge in [-0.05, 0) is 63.1 Å². The summed E-state index contributed by atoms with van der Waals surface area (Å²) < 4.78 is 0. The van der Waals surface area contributed by atoms with Crippen LogP contribution in [0, 0.1) is 5.92 Å². The second-order valence-electron chi connectivity index (χ2n) is 6.55. The van der Waals surface area contributed by atoms with Gasteiger partial charge in [-0.2, -0.15) is 0 Å². The maximum absolute atomic E-state index is 11.7. The van der Waals surface area contributed by atoms with Gasteiger partial charge in [-0.3, -0.25) is 4.79 Å². The van der Waals surface area contributed by atoms with Crippen molar-refractivity contribution in [2.45, 2.75) is 51.5 Å². The molecule has 1 aliphatic carbocycles. The predicted octanol–water partition coefficient (Wildman–Crippen LogP) is 2.87. The molecular weight excluding hydrogens is 248 g/mol. The highest BCUT2D eigenvalue weighted by molar-refractivity contribution is 5.33. The minimum atomic E-state index is 0.0168. The van der Waals surface area contributed by atoms with Gasteiger partial charge in [0.25, 0.3) is 0 Å². The molecule has 0 radical (unpaired) electrons. The summed E-state index contributed by atoms with van der Waals surface area (Å²) in [7, 11) is 0. The molecule has 2 N–H and O–H groups in total. The number of hydrogen-bond donors (Lipinski definition) is 2. The minimum absolute atomic E-state index is 0.0168. The summed E-state index contributed by atoms with van der Waals surface area (Å²) in [6.07, 6.45) is 8.01. The van der Waals surface area contributed by atoms with Crippen molar-refractivity contribution < 1.29 is 0 Å². The lowest BCUT2D eigenvalue weighted by molar-refractivity contribution is 0.249. The first-order valence-corrected chi connectivity index (χ1v) is 7.74. The smallest absolute Gasteiger partial charge is 0.248 e. The van der Waals surface area contributed by atoms with Gasteiger partial charge in [-0.15, -0.1) is 0 Å². The molecule has 20 heavy (non-hydrogen) atoms. The van der Waals surface area contributed by atoms with E-state index in [1.54, 1.807) is 6.07 Å². The molecule has 1 aromatic rings. The molecule has 2 aliphatic rings. The van der Waals surface area contributed by atoms with Crippen LogP contribution in [0.4, 0.5) is 0 Å². The number of aromatic nitrogens is 1. The monoisotopic (exact) mass is 272 g/mol. The van der Waals surface area contributed by atoms with Crippen molar-refractivity contribution in [3.05, 3.63) is 45.4 Å². The average Bonchev–Trinajstić information content (AvgIpc) is 2.38. The molecule has 3 heteroatoms. The maximum Gasteiger partial charge on any atom is 0.248 e. The molecule has 1 saturated heterocycles. The van der Waals surface area contributed by atoms with E-state index in [1.807, 2.05) is 0 Å². The van der Waals surface area contributed by atoms with Crippen LogP contribution in [-0.4, -0.2) is 11.5 Å². The number of rotatable bonds is 0. The standard InChI is InChI=1S/C17H24N2O/c1-12-9-13(2)11-17(7-3-4-8-18-17)14-5-6-16(20)19-15(14)10-12/h5-6,9,12,18H,3-4,7-8,10-11H2,1-2H3,(H,19,20)/b13-9-/t12?,17-/m0/s1. The van der Waals surface area contributed by atoms with Gasteiger partial charge in [0, 0.05) is 17.3 Å². The van der Waals surface area contributed by atoms with Crippen LogP contribution in [0.25, 0.3) is 0 Å². The van der Waals surface area contributed by atoms with Crippen LogP contribution in [0.2, 0.25) is 0 Å². The van der Waals surface area contributed by atoms with Crippen molar-refractivity contribution in [2.24, 2.45) is 5.92 Å². The summed E-state index contributed by atoms with van der Waals surface area (Å²) in [6.45, 7) is 5.54. The minimum Gasteiger partial charge on any atom is -0.326 e. The number of hydrogen-bond acceptors (Lipinski definition) is 2. The van der Waals surface area contributed by atoms with Crippen LogP contribution < -0.4 is 10.9 Å². The lowest BCUT2D eigenvalue weighted by Crippen LogP contribution is -2.47. The van der Waals surface area contributed by atoms with Gasteiger partial charge in [0.1, 0.15) is 0 Å². The highest BCUT2D eigenvalue weighted by atomic mass is 16.1. The Labute approximate surface area is 120 Å². The molecule has 3 rings (SSSR count). The van der Waals surface area contributed by atoms with E-state index in [2.05, 4.69) is 36.3 Å². The van der Waals surface area contributed by atoms with Gasteiger partial charge in [0.05, 0.1) is 0 Å². The molecule has 0 aromatic carbocycles. The first-order chi connectivity index (χ1) is 9.59. The predicted molar refractivity (Wildman–Crippen MR) is 81.8 cm³/mol. The van der Waals surface area contributed by atoms with Crippen LogP contribution in [0.3, 0.4) is 0 Å². The van der Waals surface area contributed by atoms with E-state index >= 15 is 0 Å². The van der Waals surface area contributed by atoms with E-state index in [9.17, 15) is 4.79 Å². The Balaban J connectivity index is 2.13. The zero-order valence-electron chi connectivity index (χ0n) is 12.5. The Hall–Kier alpha value is -1.35. The van der Waals surface area contributed by atoms with E-state index in [0.717, 1.165) is 31.5 Å². The summed E-state index contributed by atoms with van der Waals surface area (Å²) in [6, 6.07) is 3.74. The summed E-state index contributed by atoms with van der Waals surface area (Å²) in [4.78, 5) is 14.8. The molecule has 1 aromatic heterocycles. The van der Waals surface area contributed by atoms with E-state index < -0.39 is 0 Å². The molecule has 1 aliphatic heterocycles. The number of allylic oxidation sites excluding steroid dienone is 1. The molecule has 0 amide bonds. The Kier molecular flexibility index (Phi) is 3.55. The Bertz CT molecular complexity index is 579. The van der Waals surface area contributed by atoms with E-state index in [0.29, 0.717) is 5.92 Å². The number of nitrogens with one attached hydrogen (secondary N) is 2. The van der Waals surface area contributed by atoms with E-state index in [4.69, 9.17) is 0 Å². The van der Waals surface area contributed by atoms with Crippen molar-refractivity contribution in [3.8, 4) is 0 Å². The summed E-state index contributed by atoms with van der Waals surface area (Å²) in [5, 5.41) is 3.76. The van der Waals surface area contributed by atoms with Crippen LogP contribution in [-0.2, 0) is 12.0 Å². The molecule has 0 saturated carbocycles. The summed E-state index contributed by atoms with van der Waals surface area (Å²) >= 11 is 0. The number of pyridine rings is 1. The van der Waals surface area contributed by atoms with E-state index in [1.165, 1.54) is 24.0 Å². The third kappa shape index (κ3) is 2.47. The van der Waals surface area contributed by atoms with Gasteiger partial charge in [0.2, 0.25) is 5.56 Å². The van der Waals surface area contributed by atoms with Crippen molar-refractivity contribution >= 4 is 0 Å². The molecule has 1 fully saturated rings. The molecule has 0 bridgehead atoms. The fourth-order valence-electron chi connectivity index (χ4n) is 3.97. The topological polar surface area (TPSA) is 44.9 Å². The largest absolute Gasteiger partial charge is 0.326 e. The maximum atomic E-state index is 11.7. The first-order valence-electron chi connectivity index (χ1n) is 7.74. The number of fused-ring (bicyclic) bond motifs is 2. The Morgan fingerprint density at radius 1 is 1.30 bits per heavy atom. The second kappa shape index (κ2) is 5.21. The van der Waals surface area contributed by atoms with Crippen LogP contribution >= 0.6 is 0 Å². The fourth-order valence-corrected chi connectivity index (χ4v) is 3.97. The molecule has 1 spiro atoms. The Morgan fingerprint density at radius 3 is 2.90 bits per heavy atom. The lowest BCUT2D eigenvalue weighted by Gasteiger charge is -2.41. The second-order valence-corrected chi connectivity index (χ2v) is 6.55. The van der Waals surface area contributed by atoms with E-state index in [-0.39, 0.29) is 11.1 Å². The number of piperidine rings is 1. The lowest BCUT2D eigenvalue weighted by atomic mass is 9.74. The number of aromatic amines is 1. The van der Waals surface area contributed by atoms with Crippen LogP contribution in [0.15, 0.2) is 28.6 Å². The highest BCUT2D eigenvalue weighted by Crippen LogP contribution is 2.39. The zero-order valence-corrected chi connectivity index (χ0v) is 12.5. The molecule has 2 heterocycles. The van der Waals surface area contributed by atoms with Gasteiger partial charge < -0.3 is 10.3 Å². The normalized spacial score (nSPS) is 32.9. The van der Waals surface area contributed by atoms with Crippen LogP contribution in [0.1, 0.15) is 50.8 Å². The van der Waals surface area contributed by atoms with Crippen molar-refractivity contribution in [1.82, 2.24) is 10.3 Å². The summed E-state index contributed by atoms with van der Waals surface area (Å²) in [5.41, 5.74) is 3.95.